The summed E-state index contributed by atoms with van der Waals surface area (Å²) in [4.78, 5) is 0. The summed E-state index contributed by atoms with van der Waals surface area (Å²) in [6.45, 7) is 90.3. The molecule has 0 saturated carbocycles. The van der Waals surface area contributed by atoms with Gasteiger partial charge in [-0.2, -0.15) is 0 Å². The second-order valence-electron chi connectivity index (χ2n) is 34.8. The van der Waals surface area contributed by atoms with E-state index in [0.717, 1.165) is 0 Å². The van der Waals surface area contributed by atoms with E-state index in [1.807, 2.05) is 152 Å². The predicted octanol–water partition coefficient (Wildman–Crippen LogP) is 30.0. The van der Waals surface area contributed by atoms with Crippen LogP contribution in [0.2, 0.25) is 0 Å². The molecule has 0 bridgehead atoms. The highest BCUT2D eigenvalue weighted by atomic mass is 14.3. The fourth-order valence-corrected chi connectivity index (χ4v) is 0. The summed E-state index contributed by atoms with van der Waals surface area (Å²) in [5.74, 6) is -2.90. The Morgan fingerprint density at radius 1 is 0.260 bits per heavy atom. The average molecular weight is 1130 g/mol. The predicted molar refractivity (Wildman–Crippen MR) is 377 cm³/mol. The second-order valence-corrected chi connectivity index (χ2v) is 34.8. The van der Waals surface area contributed by atoms with Crippen LogP contribution in [0.1, 0.15) is 431 Å². The summed E-state index contributed by atoms with van der Waals surface area (Å²) in [6, 6.07) is 0. The molecule has 0 aromatic carbocycles. The van der Waals surface area contributed by atoms with E-state index in [4.69, 9.17) is 31.5 Å². The maximum Gasteiger partial charge on any atom is 0.0302 e. The van der Waals surface area contributed by atoms with Crippen molar-refractivity contribution in [3.05, 3.63) is 0 Å². The molecule has 0 aliphatic heterocycles. The van der Waals surface area contributed by atoms with Crippen molar-refractivity contribution in [1.29, 1.82) is 0 Å². The molecule has 0 nitrogen and oxygen atoms in total. The van der Waals surface area contributed by atoms with Gasteiger partial charge in [-0.1, -0.05) is 400 Å². The van der Waals surface area contributed by atoms with Crippen molar-refractivity contribution in [3.63, 3.8) is 0 Å². The highest BCUT2D eigenvalue weighted by Gasteiger charge is 2.30. The largest absolute Gasteiger partial charge is 0.0651 e. The van der Waals surface area contributed by atoms with Gasteiger partial charge in [-0.05, 0) is 105 Å². The van der Waals surface area contributed by atoms with Gasteiger partial charge in [-0.25, -0.2) is 0 Å². The minimum atomic E-state index is -1.87. The fraction of sp³-hybridized carbons (Fsp3) is 1.00. The number of rotatable bonds is 2. The molecule has 0 atom stereocenters. The van der Waals surface area contributed by atoms with Crippen LogP contribution in [-0.2, 0) is 0 Å². The normalized spacial score (nSPS) is 19.4. The maximum absolute atomic E-state index is 7.58. The van der Waals surface area contributed by atoms with Crippen LogP contribution < -0.4 is 0 Å². The Bertz CT molecular complexity index is 1600. The van der Waals surface area contributed by atoms with Crippen LogP contribution in [0.4, 0.5) is 0 Å². The first kappa shape index (κ1) is 56.1. The molecule has 0 unspecified atom stereocenters. The van der Waals surface area contributed by atoms with Crippen molar-refractivity contribution < 1.29 is 31.5 Å². The first-order chi connectivity index (χ1) is 40.8. The summed E-state index contributed by atoms with van der Waals surface area (Å²) >= 11 is 0. The average Bonchev–Trinajstić information content (AvgIpc) is 0.803. The molecule has 0 radical (unpaired) electrons. The van der Waals surface area contributed by atoms with Crippen LogP contribution in [0.3, 0.4) is 0 Å². The van der Waals surface area contributed by atoms with E-state index in [-0.39, 0.29) is 55.1 Å². The Labute approximate surface area is 535 Å². The zero-order valence-electron chi connectivity index (χ0n) is 87.0. The monoisotopic (exact) mass is 1120 g/mol. The summed E-state index contributed by atoms with van der Waals surface area (Å²) < 4.78 is 168. The molecule has 0 heteroatoms. The summed E-state index contributed by atoms with van der Waals surface area (Å²) in [5, 5.41) is 0. The van der Waals surface area contributed by atoms with Crippen LogP contribution in [0.15, 0.2) is 0 Å². The summed E-state index contributed by atoms with van der Waals surface area (Å²) in [5.41, 5.74) is -2.60. The van der Waals surface area contributed by atoms with Crippen LogP contribution in [0.5, 0.6) is 0 Å². The van der Waals surface area contributed by atoms with Crippen molar-refractivity contribution in [2.45, 2.75) is 400 Å². The molecule has 0 heterocycles. The van der Waals surface area contributed by atoms with Gasteiger partial charge in [0.2, 0.25) is 0 Å². The van der Waals surface area contributed by atoms with Crippen molar-refractivity contribution >= 4 is 0 Å². The lowest BCUT2D eigenvalue weighted by Crippen LogP contribution is -2.25. The first-order valence-corrected chi connectivity index (χ1v) is 29.2. The lowest BCUT2D eigenvalue weighted by Gasteiger charge is -2.34. The molecule has 77 heavy (non-hydrogen) atoms. The van der Waals surface area contributed by atoms with E-state index in [1.165, 1.54) is 6.92 Å². The first-order valence-electron chi connectivity index (χ1n) is 40.8. The molecule has 0 aromatic heterocycles. The summed E-state index contributed by atoms with van der Waals surface area (Å²) in [6.07, 6.45) is -3.52. The van der Waals surface area contributed by atoms with Gasteiger partial charge in [-0.3, -0.25) is 0 Å². The van der Waals surface area contributed by atoms with E-state index in [0.29, 0.717) is 10.8 Å². The highest BCUT2D eigenvalue weighted by molar-refractivity contribution is 4.80. The van der Waals surface area contributed by atoms with Crippen molar-refractivity contribution in [1.82, 2.24) is 0 Å². The van der Waals surface area contributed by atoms with Crippen LogP contribution in [0.25, 0.3) is 0 Å². The minimum Gasteiger partial charge on any atom is -0.0651 e. The molecule has 0 saturated heterocycles. The van der Waals surface area contributed by atoms with Crippen molar-refractivity contribution in [2.75, 3.05) is 0 Å². The molecule has 0 amide bonds. The van der Waals surface area contributed by atoms with Crippen LogP contribution in [-0.4, -0.2) is 0 Å². The smallest absolute Gasteiger partial charge is 0.0302 e. The topological polar surface area (TPSA) is 0 Å². The Hall–Kier alpha value is 0. The van der Waals surface area contributed by atoms with Gasteiger partial charge in [0.25, 0.3) is 0 Å². The minimum absolute atomic E-state index is 0.104. The Morgan fingerprint density at radius 3 is 0.351 bits per heavy atom. The molecule has 0 aliphatic rings. The Balaban J connectivity index is -0.0000000971. The molecule has 0 aromatic rings. The summed E-state index contributed by atoms with van der Waals surface area (Å²) in [7, 11) is 0. The molecule has 0 spiro atoms. The van der Waals surface area contributed by atoms with Gasteiger partial charge in [0.05, 0.1) is 0 Å². The zero-order chi connectivity index (χ0) is 87.0. The van der Waals surface area contributed by atoms with Gasteiger partial charge in [0, 0.05) is 31.5 Å². The third kappa shape index (κ3) is 87.4. The number of hydrogen-bond donors (Lipinski definition) is 0. The van der Waals surface area contributed by atoms with E-state index in [2.05, 4.69) is 83.1 Å². The standard InChI is InChI=1S/5C8H18.2C7H16.3C6H14.C5H12/c5*1-7(2,3)8(4,5)6;2*1-6(2)7(3,4)5;2*1-5-6(2,3)4;1-5(2)6(3)4;1-4-5(2)3/h5*1-6H3;2*6H,1-5H3;2*5H2,1-4H3;5-6H,1-4H3;5H,4H2,1-3H3/i4*1D3;;2*6D;2*5D2;5D,6D;4D2,5D. The van der Waals surface area contributed by atoms with E-state index < -0.39 is 85.9 Å². The quantitative estimate of drug-likeness (QED) is 0.259. The van der Waals surface area contributed by atoms with Gasteiger partial charge in [-0.15, -0.1) is 0 Å². The van der Waals surface area contributed by atoms with E-state index in [9.17, 15) is 0 Å². The van der Waals surface area contributed by atoms with Gasteiger partial charge in [0.15, 0.2) is 0 Å². The van der Waals surface area contributed by atoms with Gasteiger partial charge < -0.3 is 0 Å². The van der Waals surface area contributed by atoms with E-state index in [1.54, 1.807) is 111 Å². The molecule has 0 rings (SSSR count). The maximum atomic E-state index is 7.58. The SMILES string of the molecule is CC(C)(C)C(C)(C)C.[2H]C(C)(C)C(C)(C)C.[2H]C(C)(C)C(C)(C)C.[2H]C(C)(C)C([2H])(C)C.[2H]C([2H])(C)C(C)(C)C.[2H]C([2H])(C)C(C)(C)C.[2H]C([2H])(C)C([2H])(C)C.[2H]C([2H])([2H])C(C)(C)C(C)(C)C.[2H]C([2H])([2H])C(C)(C)C(C)(C)C.[2H]C([2H])([2H])C(C)(C)C(C)(C)C.[2H]C([2H])([2H])C(C)(C)C(C)(C)C. The second kappa shape index (κ2) is 41.1. The van der Waals surface area contributed by atoms with Crippen LogP contribution in [0, 0.1) is 105 Å². The highest BCUT2D eigenvalue weighted by Crippen LogP contribution is 2.39. The van der Waals surface area contributed by atoms with Gasteiger partial charge in [0.1, 0.15) is 0 Å². The van der Waals surface area contributed by atoms with E-state index >= 15 is 0 Å². The van der Waals surface area contributed by atoms with Gasteiger partial charge >= 0.3 is 0 Å². The van der Waals surface area contributed by atoms with Crippen molar-refractivity contribution in [2.24, 2.45) is 105 Å². The Kier molecular flexibility index (Phi) is 30.0. The molecular weight excluding hydrogens is 925 g/mol. The molecular formula is C77H176. The van der Waals surface area contributed by atoms with Crippen molar-refractivity contribution in [3.8, 4) is 0 Å². The fourth-order valence-electron chi connectivity index (χ4n) is 0. The zero-order valence-corrected chi connectivity index (χ0v) is 64.0. The molecule has 0 N–H and O–H groups in total. The molecule has 0 aliphatic carbocycles. The lowest BCUT2D eigenvalue weighted by molar-refractivity contribution is 0.157. The third-order valence-electron chi connectivity index (χ3n) is 15.8. The third-order valence-corrected chi connectivity index (χ3v) is 15.8. The Morgan fingerprint density at radius 2 is 0.351 bits per heavy atom. The van der Waals surface area contributed by atoms with Crippen LogP contribution >= 0.6 is 0 Å². The lowest BCUT2D eigenvalue weighted by atomic mass is 9.71. The molecule has 0 fully saturated rings. The number of hydrogen-bond acceptors (Lipinski definition) is 0. The molecule has 484 valence electrons.